The van der Waals surface area contributed by atoms with Crippen LogP contribution in [-0.4, -0.2) is 99.8 Å². The number of aliphatic carboxylic acids is 1. The Hall–Kier alpha value is -4.45. The number of primary amides is 1. The first-order chi connectivity index (χ1) is 24.6. The topological polar surface area (TPSA) is 150 Å². The summed E-state index contributed by atoms with van der Waals surface area (Å²) < 4.78 is 1.94. The van der Waals surface area contributed by atoms with E-state index in [0.717, 1.165) is 91.6 Å². The predicted molar refractivity (Wildman–Crippen MR) is 198 cm³/mol. The summed E-state index contributed by atoms with van der Waals surface area (Å²) in [6.45, 7) is 10.2. The van der Waals surface area contributed by atoms with Gasteiger partial charge in [-0.25, -0.2) is 9.67 Å². The first kappa shape index (κ1) is 36.3. The van der Waals surface area contributed by atoms with Gasteiger partial charge in [-0.15, -0.1) is 0 Å². The highest BCUT2D eigenvalue weighted by atomic mass is 16.4. The summed E-state index contributed by atoms with van der Waals surface area (Å²) in [6.07, 6.45) is 7.67. The van der Waals surface area contributed by atoms with Gasteiger partial charge in [-0.3, -0.25) is 14.4 Å². The number of aryl methyl sites for hydroxylation is 4. The quantitative estimate of drug-likeness (QED) is 0.209. The number of hydrogen-bond donors (Lipinski definition) is 3. The van der Waals surface area contributed by atoms with Crippen molar-refractivity contribution in [3.8, 4) is 5.69 Å². The standard InChI is InChI=1S/C39H54N8O4/c1-27-20-28(2)47(43-27)35-22-31(21-34(24-35)45-16-18-46(19-17-45)37(49)10-4-9-36(40)48)32(23-38(50)51)26-44-15-13-29(25-44)6-3-8-33-12-11-30-7-5-14-41-39(30)42-33/h11-12,20-22,24,29,32H,3-10,13-19,23,25-26H2,1-2H3,(H2,40,48)(H,41,42)(H,50,51)/t29-,32-/m1/s1. The maximum absolute atomic E-state index is 12.8. The van der Waals surface area contributed by atoms with Crippen molar-refractivity contribution in [3.05, 3.63) is 64.6 Å². The fourth-order valence-electron chi connectivity index (χ4n) is 8.04. The molecule has 3 aromatic rings. The van der Waals surface area contributed by atoms with E-state index in [1.807, 2.05) is 29.5 Å². The largest absolute Gasteiger partial charge is 0.481 e. The molecule has 0 aliphatic carbocycles. The number of amides is 2. The van der Waals surface area contributed by atoms with Crippen LogP contribution in [-0.2, 0) is 27.2 Å². The third-order valence-corrected chi connectivity index (χ3v) is 10.7. The number of rotatable bonds is 15. The summed E-state index contributed by atoms with van der Waals surface area (Å²) >= 11 is 0. The number of fused-ring (bicyclic) bond motifs is 1. The summed E-state index contributed by atoms with van der Waals surface area (Å²) in [6, 6.07) is 12.9. The number of nitrogens with zero attached hydrogens (tertiary/aromatic N) is 6. The van der Waals surface area contributed by atoms with E-state index in [1.165, 1.54) is 12.0 Å². The van der Waals surface area contributed by atoms with Crippen molar-refractivity contribution >= 4 is 29.3 Å². The maximum atomic E-state index is 12.8. The van der Waals surface area contributed by atoms with Crippen molar-refractivity contribution in [2.24, 2.45) is 11.7 Å². The van der Waals surface area contributed by atoms with Gasteiger partial charge < -0.3 is 30.9 Å². The van der Waals surface area contributed by atoms with E-state index in [1.54, 1.807) is 0 Å². The van der Waals surface area contributed by atoms with Crippen molar-refractivity contribution in [1.82, 2.24) is 24.6 Å². The second-order valence-corrected chi connectivity index (χ2v) is 14.8. The van der Waals surface area contributed by atoms with E-state index >= 15 is 0 Å². The number of carbonyl (C=O) groups is 3. The fraction of sp³-hybridized carbons (Fsp3) is 0.564. The van der Waals surface area contributed by atoms with Gasteiger partial charge in [0.1, 0.15) is 5.82 Å². The summed E-state index contributed by atoms with van der Waals surface area (Å²) in [5, 5.41) is 18.3. The van der Waals surface area contributed by atoms with E-state index < -0.39 is 5.97 Å². The van der Waals surface area contributed by atoms with Gasteiger partial charge in [0.15, 0.2) is 0 Å². The molecule has 2 saturated heterocycles. The minimum Gasteiger partial charge on any atom is -0.481 e. The first-order valence-electron chi connectivity index (χ1n) is 18.8. The minimum atomic E-state index is -0.802. The van der Waals surface area contributed by atoms with Crippen LogP contribution in [0.2, 0.25) is 0 Å². The highest BCUT2D eigenvalue weighted by Crippen LogP contribution is 2.32. The number of benzene rings is 1. The van der Waals surface area contributed by atoms with E-state index in [4.69, 9.17) is 15.8 Å². The second-order valence-electron chi connectivity index (χ2n) is 14.8. The predicted octanol–water partition coefficient (Wildman–Crippen LogP) is 4.45. The van der Waals surface area contributed by atoms with Gasteiger partial charge in [-0.2, -0.15) is 5.10 Å². The molecule has 5 heterocycles. The summed E-state index contributed by atoms with van der Waals surface area (Å²) in [5.41, 5.74) is 12.6. The Morgan fingerprint density at radius 2 is 1.80 bits per heavy atom. The molecule has 3 aliphatic rings. The molecular weight excluding hydrogens is 644 g/mol. The van der Waals surface area contributed by atoms with Crippen LogP contribution in [0.5, 0.6) is 0 Å². The lowest BCUT2D eigenvalue weighted by Gasteiger charge is -2.37. The minimum absolute atomic E-state index is 0.0472. The van der Waals surface area contributed by atoms with Crippen LogP contribution in [0.1, 0.15) is 85.5 Å². The summed E-state index contributed by atoms with van der Waals surface area (Å²) in [7, 11) is 0. The number of aromatic nitrogens is 3. The number of nitrogens with one attached hydrogen (secondary N) is 1. The monoisotopic (exact) mass is 698 g/mol. The van der Waals surface area contributed by atoms with Crippen molar-refractivity contribution in [1.29, 1.82) is 0 Å². The molecular formula is C39H54N8O4. The lowest BCUT2D eigenvalue weighted by molar-refractivity contribution is -0.137. The number of carboxylic acids is 1. The molecule has 2 aromatic heterocycles. The Balaban J connectivity index is 1.12. The summed E-state index contributed by atoms with van der Waals surface area (Å²) in [5.74, 6) is 0.334. The number of piperazine rings is 1. The molecule has 0 unspecified atom stereocenters. The number of carboxylic acid groups (broad SMARTS) is 1. The first-order valence-corrected chi connectivity index (χ1v) is 18.8. The molecule has 12 nitrogen and oxygen atoms in total. The van der Waals surface area contributed by atoms with E-state index in [2.05, 4.69) is 45.4 Å². The number of anilines is 2. The zero-order valence-corrected chi connectivity index (χ0v) is 30.3. The smallest absolute Gasteiger partial charge is 0.304 e. The molecule has 6 rings (SSSR count). The van der Waals surface area contributed by atoms with Crippen LogP contribution < -0.4 is 16.0 Å². The second kappa shape index (κ2) is 16.7. The zero-order valence-electron chi connectivity index (χ0n) is 30.3. The van der Waals surface area contributed by atoms with Crippen LogP contribution in [0.25, 0.3) is 5.69 Å². The molecule has 274 valence electrons. The molecule has 2 atom stereocenters. The molecule has 0 bridgehead atoms. The number of likely N-dealkylation sites (tertiary alicyclic amines) is 1. The van der Waals surface area contributed by atoms with Gasteiger partial charge in [-0.05, 0) is 113 Å². The number of carbonyl (C=O) groups excluding carboxylic acids is 2. The van der Waals surface area contributed by atoms with Crippen molar-refractivity contribution in [2.45, 2.75) is 84.0 Å². The van der Waals surface area contributed by atoms with Crippen molar-refractivity contribution < 1.29 is 19.5 Å². The molecule has 3 aliphatic heterocycles. The highest BCUT2D eigenvalue weighted by molar-refractivity contribution is 5.78. The van der Waals surface area contributed by atoms with Crippen LogP contribution in [0.4, 0.5) is 11.5 Å². The molecule has 0 saturated carbocycles. The average Bonchev–Trinajstić information content (AvgIpc) is 3.71. The molecule has 1 aromatic carbocycles. The average molecular weight is 699 g/mol. The van der Waals surface area contributed by atoms with Crippen LogP contribution in [0, 0.1) is 19.8 Å². The Labute approximate surface area is 301 Å². The van der Waals surface area contributed by atoms with E-state index in [9.17, 15) is 19.5 Å². The molecule has 4 N–H and O–H groups in total. The van der Waals surface area contributed by atoms with E-state index in [-0.39, 0.29) is 30.6 Å². The van der Waals surface area contributed by atoms with Crippen LogP contribution in [0.3, 0.4) is 0 Å². The third kappa shape index (κ3) is 9.66. The number of nitrogens with two attached hydrogens (primary N) is 1. The van der Waals surface area contributed by atoms with Gasteiger partial charge in [0.05, 0.1) is 17.8 Å². The van der Waals surface area contributed by atoms with Crippen LogP contribution in [0.15, 0.2) is 36.4 Å². The fourth-order valence-corrected chi connectivity index (χ4v) is 8.04. The molecule has 51 heavy (non-hydrogen) atoms. The van der Waals surface area contributed by atoms with Gasteiger partial charge in [0.25, 0.3) is 0 Å². The van der Waals surface area contributed by atoms with Gasteiger partial charge in [0, 0.05) is 81.6 Å². The molecule has 12 heteroatoms. The number of pyridine rings is 1. The van der Waals surface area contributed by atoms with E-state index in [0.29, 0.717) is 51.5 Å². The summed E-state index contributed by atoms with van der Waals surface area (Å²) in [4.78, 5) is 47.7. The zero-order chi connectivity index (χ0) is 35.9. The molecule has 0 spiro atoms. The molecule has 2 amide bonds. The Morgan fingerprint density at radius 3 is 2.55 bits per heavy atom. The lowest BCUT2D eigenvalue weighted by atomic mass is 9.93. The molecule has 0 radical (unpaired) electrons. The molecule has 2 fully saturated rings. The third-order valence-electron chi connectivity index (χ3n) is 10.7. The maximum Gasteiger partial charge on any atom is 0.304 e. The SMILES string of the molecule is Cc1cc(C)n(-c2cc([C@H](CC(=O)O)CN3CC[C@@H](CCCc4ccc5c(n4)NCCC5)C3)cc(N3CCN(C(=O)CCCC(N)=O)CC3)c2)n1. The normalized spacial score (nSPS) is 18.4. The highest BCUT2D eigenvalue weighted by Gasteiger charge is 2.28. The van der Waals surface area contributed by atoms with Gasteiger partial charge in [0.2, 0.25) is 11.8 Å². The lowest BCUT2D eigenvalue weighted by Crippen LogP contribution is -2.48. The van der Waals surface area contributed by atoms with Gasteiger partial charge >= 0.3 is 5.97 Å². The Kier molecular flexibility index (Phi) is 11.9. The van der Waals surface area contributed by atoms with Crippen LogP contribution >= 0.6 is 0 Å². The number of hydrogen-bond acceptors (Lipinski definition) is 8. The Bertz CT molecular complexity index is 1700. The van der Waals surface area contributed by atoms with Crippen molar-refractivity contribution in [3.63, 3.8) is 0 Å². The van der Waals surface area contributed by atoms with Crippen molar-refractivity contribution in [2.75, 3.05) is 62.6 Å². The van der Waals surface area contributed by atoms with Gasteiger partial charge in [-0.1, -0.05) is 6.07 Å². The Morgan fingerprint density at radius 1 is 1.00 bits per heavy atom.